The number of phenols is 1. The first kappa shape index (κ1) is 29.0. The Morgan fingerprint density at radius 1 is 0.535 bits per heavy atom. The van der Waals surface area contributed by atoms with Crippen LogP contribution in [0.2, 0.25) is 0 Å². The van der Waals surface area contributed by atoms with Gasteiger partial charge in [-0.3, -0.25) is 9.44 Å². The Bertz CT molecular complexity index is 1990. The summed E-state index contributed by atoms with van der Waals surface area (Å²) < 4.78 is 55.1. The minimum atomic E-state index is -3.84. The minimum Gasteiger partial charge on any atom is -0.506 e. The first-order chi connectivity index (χ1) is 20.7. The van der Waals surface area contributed by atoms with E-state index in [9.17, 15) is 21.9 Å². The summed E-state index contributed by atoms with van der Waals surface area (Å²) in [5, 5.41) is 26.6. The molecule has 0 aliphatic carbocycles. The number of hydrogen-bond acceptors (Lipinski definition) is 11. The molecule has 0 bridgehead atoms. The van der Waals surface area contributed by atoms with Gasteiger partial charge in [0.2, 0.25) is 0 Å². The molecule has 0 atom stereocenters. The second-order valence-corrected chi connectivity index (χ2v) is 12.1. The van der Waals surface area contributed by atoms with Gasteiger partial charge in [-0.05, 0) is 91.0 Å². The molecule has 0 unspecified atom stereocenters. The minimum absolute atomic E-state index is 0.0115. The highest BCUT2D eigenvalue weighted by molar-refractivity contribution is 7.93. The number of nitrogens with zero attached hydrogens (tertiary/aromatic N) is 6. The van der Waals surface area contributed by atoms with Crippen molar-refractivity contribution in [1.82, 2.24) is 9.97 Å². The molecule has 5 aromatic rings. The topological polar surface area (TPSA) is 188 Å². The first-order valence-corrected chi connectivity index (χ1v) is 15.4. The van der Waals surface area contributed by atoms with E-state index in [4.69, 9.17) is 0 Å². The predicted octanol–water partition coefficient (Wildman–Crippen LogP) is 6.61. The Kier molecular flexibility index (Phi) is 8.45. The van der Waals surface area contributed by atoms with Crippen molar-refractivity contribution in [2.24, 2.45) is 20.5 Å². The van der Waals surface area contributed by atoms with Crippen LogP contribution in [0.25, 0.3) is 0 Å². The quantitative estimate of drug-likeness (QED) is 0.147. The number of anilines is 2. The molecule has 0 saturated heterocycles. The zero-order valence-electron chi connectivity index (χ0n) is 22.0. The summed E-state index contributed by atoms with van der Waals surface area (Å²) in [6.45, 7) is 0. The summed E-state index contributed by atoms with van der Waals surface area (Å²) in [5.74, 6) is 0.236. The maximum atomic E-state index is 12.6. The van der Waals surface area contributed by atoms with Crippen LogP contribution in [0.3, 0.4) is 0 Å². The monoisotopic (exact) mass is 614 g/mol. The van der Waals surface area contributed by atoms with Crippen LogP contribution in [0.1, 0.15) is 0 Å². The Balaban J connectivity index is 1.25. The molecule has 5 rings (SSSR count). The lowest BCUT2D eigenvalue weighted by Crippen LogP contribution is -2.13. The third-order valence-electron chi connectivity index (χ3n) is 5.61. The Labute approximate surface area is 246 Å². The van der Waals surface area contributed by atoms with E-state index < -0.39 is 20.0 Å². The zero-order chi connectivity index (χ0) is 30.3. The van der Waals surface area contributed by atoms with Crippen LogP contribution in [0.4, 0.5) is 34.4 Å². The zero-order valence-corrected chi connectivity index (χ0v) is 23.7. The third-order valence-corrected chi connectivity index (χ3v) is 8.36. The summed E-state index contributed by atoms with van der Waals surface area (Å²) in [5.41, 5.74) is 1.19. The van der Waals surface area contributed by atoms with Gasteiger partial charge in [0.25, 0.3) is 20.0 Å². The molecule has 0 amide bonds. The molecule has 0 aliphatic rings. The van der Waals surface area contributed by atoms with Gasteiger partial charge in [-0.2, -0.15) is 15.3 Å². The van der Waals surface area contributed by atoms with Crippen molar-refractivity contribution >= 4 is 54.4 Å². The van der Waals surface area contributed by atoms with Gasteiger partial charge in [-0.25, -0.2) is 26.8 Å². The average molecular weight is 615 g/mol. The van der Waals surface area contributed by atoms with Crippen molar-refractivity contribution in [2.75, 3.05) is 9.44 Å². The number of phenolic OH excluding ortho intramolecular Hbond substituents is 1. The maximum Gasteiger partial charge on any atom is 0.263 e. The Hall–Kier alpha value is -5.54. The number of sulfonamides is 2. The molecule has 43 heavy (non-hydrogen) atoms. The van der Waals surface area contributed by atoms with E-state index >= 15 is 0 Å². The van der Waals surface area contributed by atoms with Crippen molar-refractivity contribution in [3.05, 3.63) is 116 Å². The SMILES string of the molecule is O=S(=O)(Nc1ccccn1)c1ccc(N=Nc2ccc(O)c(N=Nc3ccc(S(=O)(=O)Nc4ccccn4)cc3)c2)cc1. The standard InChI is InChI=1S/C28H22N8O5S2/c37-26-16-11-22(33-31-20-7-12-23(13-8-20)42(38,39)35-27-5-1-3-17-29-27)19-25(26)34-32-21-9-14-24(15-10-21)43(40,41)36-28-6-2-4-18-30-28/h1-19,37H,(H,29,35)(H,30,36). The van der Waals surface area contributed by atoms with Gasteiger partial charge < -0.3 is 5.11 Å². The number of rotatable bonds is 10. The summed E-state index contributed by atoms with van der Waals surface area (Å²) in [4.78, 5) is 7.95. The number of pyridine rings is 2. The fourth-order valence-electron chi connectivity index (χ4n) is 3.50. The largest absolute Gasteiger partial charge is 0.506 e. The number of aromatic hydroxyl groups is 1. The average Bonchev–Trinajstić information content (AvgIpc) is 3.01. The van der Waals surface area contributed by atoms with Gasteiger partial charge in [-0.1, -0.05) is 12.1 Å². The molecule has 0 spiro atoms. The Morgan fingerprint density at radius 3 is 1.44 bits per heavy atom. The van der Waals surface area contributed by atoms with Crippen LogP contribution in [-0.2, 0) is 20.0 Å². The van der Waals surface area contributed by atoms with E-state index in [0.717, 1.165) is 0 Å². The molecule has 2 heterocycles. The summed E-state index contributed by atoms with van der Waals surface area (Å²) in [6, 6.07) is 25.5. The maximum absolute atomic E-state index is 12.6. The second-order valence-electron chi connectivity index (χ2n) is 8.70. The lowest BCUT2D eigenvalue weighted by Gasteiger charge is -2.07. The van der Waals surface area contributed by atoms with E-state index in [1.807, 2.05) is 0 Å². The lowest BCUT2D eigenvalue weighted by molar-refractivity contribution is 0.476. The van der Waals surface area contributed by atoms with Gasteiger partial charge >= 0.3 is 0 Å². The van der Waals surface area contributed by atoms with Gasteiger partial charge in [0.15, 0.2) is 0 Å². The van der Waals surface area contributed by atoms with Crippen molar-refractivity contribution < 1.29 is 21.9 Å². The molecule has 2 aromatic heterocycles. The van der Waals surface area contributed by atoms with E-state index in [-0.39, 0.29) is 32.9 Å². The molecule has 0 fully saturated rings. The van der Waals surface area contributed by atoms with Crippen molar-refractivity contribution in [3.8, 4) is 5.75 Å². The van der Waals surface area contributed by atoms with Gasteiger partial charge in [0, 0.05) is 12.4 Å². The number of azo groups is 2. The molecule has 0 saturated carbocycles. The van der Waals surface area contributed by atoms with E-state index in [0.29, 0.717) is 17.1 Å². The van der Waals surface area contributed by atoms with Crippen LogP contribution in [0.15, 0.2) is 146 Å². The van der Waals surface area contributed by atoms with Crippen LogP contribution < -0.4 is 9.44 Å². The van der Waals surface area contributed by atoms with Crippen molar-refractivity contribution in [3.63, 3.8) is 0 Å². The molecule has 13 nitrogen and oxygen atoms in total. The van der Waals surface area contributed by atoms with E-state index in [2.05, 4.69) is 39.9 Å². The molecule has 0 aliphatic heterocycles. The molecular weight excluding hydrogens is 592 g/mol. The van der Waals surface area contributed by atoms with Gasteiger partial charge in [0.05, 0.1) is 26.9 Å². The van der Waals surface area contributed by atoms with Crippen molar-refractivity contribution in [2.45, 2.75) is 9.79 Å². The van der Waals surface area contributed by atoms with Gasteiger partial charge in [0.1, 0.15) is 23.1 Å². The molecule has 3 N–H and O–H groups in total. The van der Waals surface area contributed by atoms with Crippen molar-refractivity contribution in [1.29, 1.82) is 0 Å². The molecule has 15 heteroatoms. The normalized spacial score (nSPS) is 12.0. The van der Waals surface area contributed by atoms with Gasteiger partial charge in [-0.15, -0.1) is 5.11 Å². The summed E-state index contributed by atoms with van der Waals surface area (Å²) in [6.07, 6.45) is 2.95. The predicted molar refractivity (Wildman–Crippen MR) is 159 cm³/mol. The molecule has 0 radical (unpaired) electrons. The lowest BCUT2D eigenvalue weighted by atomic mass is 10.2. The fraction of sp³-hybridized carbons (Fsp3) is 0. The number of aromatic nitrogens is 2. The number of nitrogens with one attached hydrogen (secondary N) is 2. The Morgan fingerprint density at radius 2 is 0.977 bits per heavy atom. The van der Waals surface area contributed by atoms with Crippen LogP contribution in [0.5, 0.6) is 5.75 Å². The highest BCUT2D eigenvalue weighted by atomic mass is 32.2. The first-order valence-electron chi connectivity index (χ1n) is 12.4. The van der Waals surface area contributed by atoms with E-state index in [1.165, 1.54) is 91.3 Å². The fourth-order valence-corrected chi connectivity index (χ4v) is 5.52. The summed E-state index contributed by atoms with van der Waals surface area (Å²) in [7, 11) is -7.68. The van der Waals surface area contributed by atoms with Crippen LogP contribution in [0, 0.1) is 0 Å². The molecular formula is C28H22N8O5S2. The van der Waals surface area contributed by atoms with Crippen LogP contribution >= 0.6 is 0 Å². The number of hydrogen-bond donors (Lipinski definition) is 3. The summed E-state index contributed by atoms with van der Waals surface area (Å²) >= 11 is 0. The number of benzene rings is 3. The third kappa shape index (κ3) is 7.60. The van der Waals surface area contributed by atoms with Crippen LogP contribution in [-0.4, -0.2) is 31.9 Å². The smallest absolute Gasteiger partial charge is 0.263 e. The molecule has 216 valence electrons. The highest BCUT2D eigenvalue weighted by Gasteiger charge is 2.15. The molecule has 3 aromatic carbocycles. The van der Waals surface area contributed by atoms with E-state index in [1.54, 1.807) is 24.3 Å². The highest BCUT2D eigenvalue weighted by Crippen LogP contribution is 2.33. The second kappa shape index (κ2) is 12.5.